The molecule has 2 rings (SSSR count). The van der Waals surface area contributed by atoms with Crippen LogP contribution in [0.15, 0.2) is 0 Å². The second-order valence-corrected chi connectivity index (χ2v) is 4.80. The van der Waals surface area contributed by atoms with Crippen molar-refractivity contribution in [1.82, 2.24) is 10.6 Å². The van der Waals surface area contributed by atoms with Crippen LogP contribution in [0.25, 0.3) is 0 Å². The predicted octanol–water partition coefficient (Wildman–Crippen LogP) is -0.942. The highest BCUT2D eigenvalue weighted by Crippen LogP contribution is 2.18. The van der Waals surface area contributed by atoms with Gasteiger partial charge in [-0.15, -0.1) is 0 Å². The fraction of sp³-hybridized carbons (Fsp3) is 0.818. The van der Waals surface area contributed by atoms with Gasteiger partial charge in [0.05, 0.1) is 19.3 Å². The highest BCUT2D eigenvalue weighted by molar-refractivity contribution is 5.80. The molecule has 0 bridgehead atoms. The molecule has 6 nitrogen and oxygen atoms in total. The van der Waals surface area contributed by atoms with Crippen LogP contribution in [-0.4, -0.2) is 49.3 Å². The Kier molecular flexibility index (Phi) is 3.63. The Bertz CT molecular complexity index is 317. The minimum absolute atomic E-state index is 0.0711. The molecular formula is C11H18N2O4. The van der Waals surface area contributed by atoms with E-state index in [9.17, 15) is 9.59 Å². The highest BCUT2D eigenvalue weighted by atomic mass is 16.5. The van der Waals surface area contributed by atoms with E-state index in [2.05, 4.69) is 10.6 Å². The maximum atomic E-state index is 11.9. The molecule has 0 aromatic carbocycles. The van der Waals surface area contributed by atoms with Crippen LogP contribution in [0.4, 0.5) is 0 Å². The number of nitrogens with one attached hydrogen (secondary N) is 2. The molecule has 0 aliphatic carbocycles. The van der Waals surface area contributed by atoms with Gasteiger partial charge in [-0.2, -0.15) is 0 Å². The maximum Gasteiger partial charge on any atom is 0.311 e. The lowest BCUT2D eigenvalue weighted by Gasteiger charge is -2.32. The lowest BCUT2D eigenvalue weighted by molar-refractivity contribution is -0.142. The van der Waals surface area contributed by atoms with Crippen LogP contribution < -0.4 is 10.6 Å². The first-order valence-electron chi connectivity index (χ1n) is 5.91. The van der Waals surface area contributed by atoms with Crippen LogP contribution in [0.3, 0.4) is 0 Å². The number of aliphatic carboxylic acids is 1. The van der Waals surface area contributed by atoms with Crippen molar-refractivity contribution in [1.29, 1.82) is 0 Å². The van der Waals surface area contributed by atoms with Gasteiger partial charge in [0.1, 0.15) is 5.92 Å². The number of amides is 1. The third kappa shape index (κ3) is 2.58. The Labute approximate surface area is 99.7 Å². The summed E-state index contributed by atoms with van der Waals surface area (Å²) in [4.78, 5) is 22.8. The minimum atomic E-state index is -0.911. The summed E-state index contributed by atoms with van der Waals surface area (Å²) in [5.41, 5.74) is 0. The van der Waals surface area contributed by atoms with E-state index in [1.807, 2.05) is 6.92 Å². The van der Waals surface area contributed by atoms with Crippen molar-refractivity contribution in [2.24, 2.45) is 17.8 Å². The monoisotopic (exact) mass is 242 g/mol. The van der Waals surface area contributed by atoms with E-state index in [4.69, 9.17) is 9.84 Å². The molecule has 3 N–H and O–H groups in total. The van der Waals surface area contributed by atoms with Crippen molar-refractivity contribution in [3.63, 3.8) is 0 Å². The summed E-state index contributed by atoms with van der Waals surface area (Å²) in [6.07, 6.45) is 0. The Hall–Kier alpha value is -1.14. The van der Waals surface area contributed by atoms with Crippen molar-refractivity contribution >= 4 is 11.9 Å². The number of carbonyl (C=O) groups excluding carboxylic acids is 1. The van der Waals surface area contributed by atoms with E-state index in [1.54, 1.807) is 0 Å². The summed E-state index contributed by atoms with van der Waals surface area (Å²) in [5.74, 6) is -1.32. The van der Waals surface area contributed by atoms with E-state index in [0.29, 0.717) is 12.5 Å². The molecule has 1 amide bonds. The van der Waals surface area contributed by atoms with E-state index in [1.165, 1.54) is 0 Å². The molecule has 0 spiro atoms. The third-order valence-electron chi connectivity index (χ3n) is 3.66. The molecule has 0 aromatic rings. The molecule has 3 atom stereocenters. The van der Waals surface area contributed by atoms with Gasteiger partial charge in [0.25, 0.3) is 0 Å². The summed E-state index contributed by atoms with van der Waals surface area (Å²) < 4.78 is 5.10. The molecule has 2 heterocycles. The third-order valence-corrected chi connectivity index (χ3v) is 3.66. The molecule has 6 heteroatoms. The molecule has 2 aliphatic rings. The van der Waals surface area contributed by atoms with Crippen molar-refractivity contribution in [3.8, 4) is 0 Å². The number of hydrogen-bond donors (Lipinski definition) is 3. The summed E-state index contributed by atoms with van der Waals surface area (Å²) in [5, 5.41) is 14.9. The lowest BCUT2D eigenvalue weighted by atomic mass is 9.88. The van der Waals surface area contributed by atoms with Gasteiger partial charge in [0.2, 0.25) is 5.91 Å². The molecule has 3 unspecified atom stereocenters. The highest BCUT2D eigenvalue weighted by Gasteiger charge is 2.37. The van der Waals surface area contributed by atoms with Gasteiger partial charge in [-0.25, -0.2) is 0 Å². The van der Waals surface area contributed by atoms with Gasteiger partial charge < -0.3 is 20.5 Å². The Morgan fingerprint density at radius 1 is 1.41 bits per heavy atom. The molecule has 0 radical (unpaired) electrons. The standard InChI is InChI=1S/C11H18N2O4/c1-6(7-2-12-3-7)10(14)13-9-5-17-4-8(9)11(15)16/h6-9,12H,2-5H2,1H3,(H,13,14)(H,15,16). The summed E-state index contributed by atoms with van der Waals surface area (Å²) in [7, 11) is 0. The van der Waals surface area contributed by atoms with Crippen molar-refractivity contribution in [2.75, 3.05) is 26.3 Å². The largest absolute Gasteiger partial charge is 0.481 e. The van der Waals surface area contributed by atoms with E-state index in [0.717, 1.165) is 13.1 Å². The maximum absolute atomic E-state index is 11.9. The quantitative estimate of drug-likeness (QED) is 0.592. The van der Waals surface area contributed by atoms with Crippen LogP contribution in [0.2, 0.25) is 0 Å². The minimum Gasteiger partial charge on any atom is -0.481 e. The predicted molar refractivity (Wildman–Crippen MR) is 59.4 cm³/mol. The van der Waals surface area contributed by atoms with Crippen molar-refractivity contribution in [3.05, 3.63) is 0 Å². The lowest BCUT2D eigenvalue weighted by Crippen LogP contribution is -2.52. The Balaban J connectivity index is 1.86. The summed E-state index contributed by atoms with van der Waals surface area (Å²) >= 11 is 0. The zero-order valence-electron chi connectivity index (χ0n) is 9.81. The second-order valence-electron chi connectivity index (χ2n) is 4.80. The topological polar surface area (TPSA) is 87.7 Å². The fourth-order valence-electron chi connectivity index (χ4n) is 2.13. The summed E-state index contributed by atoms with van der Waals surface area (Å²) in [6, 6.07) is -0.393. The fourth-order valence-corrected chi connectivity index (χ4v) is 2.13. The van der Waals surface area contributed by atoms with E-state index >= 15 is 0 Å². The smallest absolute Gasteiger partial charge is 0.311 e. The SMILES string of the molecule is CC(C(=O)NC1COCC1C(=O)O)C1CNC1. The van der Waals surface area contributed by atoms with Gasteiger partial charge in [0.15, 0.2) is 0 Å². The molecule has 96 valence electrons. The molecule has 0 aromatic heterocycles. The van der Waals surface area contributed by atoms with Crippen LogP contribution in [0.1, 0.15) is 6.92 Å². The zero-order valence-corrected chi connectivity index (χ0v) is 9.81. The molecule has 0 saturated carbocycles. The molecule has 17 heavy (non-hydrogen) atoms. The van der Waals surface area contributed by atoms with Gasteiger partial charge >= 0.3 is 5.97 Å². The number of rotatable bonds is 4. The molecule has 2 aliphatic heterocycles. The number of carboxylic acids is 1. The van der Waals surface area contributed by atoms with Crippen molar-refractivity contribution < 1.29 is 19.4 Å². The van der Waals surface area contributed by atoms with E-state index in [-0.39, 0.29) is 18.4 Å². The van der Waals surface area contributed by atoms with Crippen LogP contribution in [0, 0.1) is 17.8 Å². The van der Waals surface area contributed by atoms with Crippen molar-refractivity contribution in [2.45, 2.75) is 13.0 Å². The van der Waals surface area contributed by atoms with Gasteiger partial charge in [-0.3, -0.25) is 9.59 Å². The van der Waals surface area contributed by atoms with E-state index < -0.39 is 17.9 Å². The molecular weight excluding hydrogens is 224 g/mol. The average molecular weight is 242 g/mol. The summed E-state index contributed by atoms with van der Waals surface area (Å²) in [6.45, 7) is 4.07. The normalized spacial score (nSPS) is 30.6. The first-order chi connectivity index (χ1) is 8.09. The number of carbonyl (C=O) groups is 2. The first kappa shape index (κ1) is 12.3. The van der Waals surface area contributed by atoms with Crippen LogP contribution >= 0.6 is 0 Å². The Morgan fingerprint density at radius 2 is 2.12 bits per heavy atom. The second kappa shape index (κ2) is 5.01. The van der Waals surface area contributed by atoms with Crippen LogP contribution in [-0.2, 0) is 14.3 Å². The number of carboxylic acid groups (broad SMARTS) is 1. The van der Waals surface area contributed by atoms with Gasteiger partial charge in [-0.05, 0) is 19.0 Å². The van der Waals surface area contributed by atoms with Gasteiger partial charge in [-0.1, -0.05) is 6.92 Å². The number of hydrogen-bond acceptors (Lipinski definition) is 4. The average Bonchev–Trinajstić information content (AvgIpc) is 2.62. The first-order valence-corrected chi connectivity index (χ1v) is 5.91. The van der Waals surface area contributed by atoms with Crippen LogP contribution in [0.5, 0.6) is 0 Å². The zero-order chi connectivity index (χ0) is 12.4. The molecule has 2 saturated heterocycles. The Morgan fingerprint density at radius 3 is 2.65 bits per heavy atom. The number of ether oxygens (including phenoxy) is 1. The van der Waals surface area contributed by atoms with Gasteiger partial charge in [0, 0.05) is 5.92 Å². The molecule has 2 fully saturated rings.